The van der Waals surface area contributed by atoms with Gasteiger partial charge < -0.3 is 10.5 Å². The van der Waals surface area contributed by atoms with E-state index in [1.54, 1.807) is 0 Å². The van der Waals surface area contributed by atoms with Crippen molar-refractivity contribution in [1.29, 1.82) is 0 Å². The zero-order valence-electron chi connectivity index (χ0n) is 13.1. The Kier molecular flexibility index (Phi) is 3.25. The zero-order chi connectivity index (χ0) is 14.4. The molecule has 114 valence electrons. The molecule has 0 aromatic heterocycles. The molecule has 3 aliphatic rings. The van der Waals surface area contributed by atoms with Crippen LogP contribution in [0.1, 0.15) is 51.0 Å². The first kappa shape index (κ1) is 13.6. The lowest BCUT2D eigenvalue weighted by Crippen LogP contribution is -2.46. The van der Waals surface area contributed by atoms with Gasteiger partial charge in [0.25, 0.3) is 0 Å². The Hall–Kier alpha value is -1.02. The quantitative estimate of drug-likeness (QED) is 0.904. The number of benzene rings is 1. The first-order valence-electron chi connectivity index (χ1n) is 8.74. The molecule has 3 saturated carbocycles. The minimum atomic E-state index is -0.0700. The van der Waals surface area contributed by atoms with Crippen molar-refractivity contribution in [1.82, 2.24) is 0 Å². The third-order valence-corrected chi connectivity index (χ3v) is 6.43. The van der Waals surface area contributed by atoms with Crippen molar-refractivity contribution in [2.24, 2.45) is 29.4 Å². The molecule has 2 N–H and O–H groups in total. The zero-order valence-corrected chi connectivity index (χ0v) is 13.1. The molecule has 5 unspecified atom stereocenters. The summed E-state index contributed by atoms with van der Waals surface area (Å²) >= 11 is 0. The second-order valence-electron chi connectivity index (χ2n) is 7.48. The highest BCUT2D eigenvalue weighted by Gasteiger charge is 2.59. The average Bonchev–Trinajstić information content (AvgIpc) is 3.17. The van der Waals surface area contributed by atoms with Gasteiger partial charge in [-0.05, 0) is 73.5 Å². The van der Waals surface area contributed by atoms with Crippen LogP contribution in [-0.4, -0.2) is 6.61 Å². The Bertz CT molecular complexity index is 511. The number of nitrogens with two attached hydrogens (primary N) is 1. The highest BCUT2D eigenvalue weighted by molar-refractivity contribution is 5.35. The smallest absolute Gasteiger partial charge is 0.119 e. The highest BCUT2D eigenvalue weighted by Crippen LogP contribution is 2.64. The average molecular weight is 285 g/mol. The summed E-state index contributed by atoms with van der Waals surface area (Å²) in [6.45, 7) is 2.93. The van der Waals surface area contributed by atoms with Gasteiger partial charge in [-0.25, -0.2) is 0 Å². The molecular formula is C19H27NO. The third kappa shape index (κ3) is 2.03. The lowest BCUT2D eigenvalue weighted by molar-refractivity contribution is 0.156. The van der Waals surface area contributed by atoms with Crippen molar-refractivity contribution >= 4 is 0 Å². The molecule has 2 heteroatoms. The van der Waals surface area contributed by atoms with Crippen molar-refractivity contribution < 1.29 is 4.74 Å². The summed E-state index contributed by atoms with van der Waals surface area (Å²) in [6, 6.07) is 8.65. The van der Waals surface area contributed by atoms with Crippen LogP contribution in [0.4, 0.5) is 0 Å². The lowest BCUT2D eigenvalue weighted by Gasteiger charge is -2.40. The lowest BCUT2D eigenvalue weighted by atomic mass is 9.68. The minimum absolute atomic E-state index is 0.0700. The van der Waals surface area contributed by atoms with Crippen molar-refractivity contribution in [3.8, 4) is 5.75 Å². The molecule has 3 aliphatic carbocycles. The standard InChI is InChI=1S/C19H27NO/c1-2-10-21-15-8-6-14(7-9-15)19(20)12-13-11-18(19)17-5-3-4-16(13)17/h6-9,13,16-18H,2-5,10-12,20H2,1H3. The summed E-state index contributed by atoms with van der Waals surface area (Å²) in [5.41, 5.74) is 8.20. The summed E-state index contributed by atoms with van der Waals surface area (Å²) in [6.07, 6.45) is 7.94. The van der Waals surface area contributed by atoms with Crippen LogP contribution >= 0.6 is 0 Å². The van der Waals surface area contributed by atoms with Gasteiger partial charge in [-0.15, -0.1) is 0 Å². The van der Waals surface area contributed by atoms with E-state index in [0.717, 1.165) is 42.4 Å². The van der Waals surface area contributed by atoms with E-state index in [-0.39, 0.29) is 5.54 Å². The monoisotopic (exact) mass is 285 g/mol. The molecule has 1 aromatic carbocycles. The van der Waals surface area contributed by atoms with Crippen molar-refractivity contribution in [2.75, 3.05) is 6.61 Å². The molecule has 2 nitrogen and oxygen atoms in total. The van der Waals surface area contributed by atoms with Crippen molar-refractivity contribution in [2.45, 2.75) is 51.0 Å². The van der Waals surface area contributed by atoms with Crippen molar-refractivity contribution in [3.63, 3.8) is 0 Å². The van der Waals surface area contributed by atoms with Gasteiger partial charge in [0.2, 0.25) is 0 Å². The van der Waals surface area contributed by atoms with E-state index in [2.05, 4.69) is 31.2 Å². The van der Waals surface area contributed by atoms with Gasteiger partial charge in [-0.1, -0.05) is 25.5 Å². The van der Waals surface area contributed by atoms with E-state index in [9.17, 15) is 0 Å². The predicted molar refractivity (Wildman–Crippen MR) is 85.1 cm³/mol. The van der Waals surface area contributed by atoms with E-state index < -0.39 is 0 Å². The van der Waals surface area contributed by atoms with Gasteiger partial charge in [0.05, 0.1) is 6.61 Å². The van der Waals surface area contributed by atoms with Crippen molar-refractivity contribution in [3.05, 3.63) is 29.8 Å². The van der Waals surface area contributed by atoms with Gasteiger partial charge in [0.15, 0.2) is 0 Å². The number of hydrogen-bond acceptors (Lipinski definition) is 2. The molecule has 0 amide bonds. The normalized spacial score (nSPS) is 40.5. The second-order valence-corrected chi connectivity index (χ2v) is 7.48. The van der Waals surface area contributed by atoms with Crippen LogP contribution in [0, 0.1) is 23.7 Å². The Morgan fingerprint density at radius 3 is 2.71 bits per heavy atom. The number of hydrogen-bond donors (Lipinski definition) is 1. The Balaban J connectivity index is 1.56. The van der Waals surface area contributed by atoms with Crippen LogP contribution in [-0.2, 0) is 5.54 Å². The van der Waals surface area contributed by atoms with Gasteiger partial charge in [-0.2, -0.15) is 0 Å². The summed E-state index contributed by atoms with van der Waals surface area (Å²) < 4.78 is 5.70. The van der Waals surface area contributed by atoms with E-state index in [4.69, 9.17) is 10.5 Å². The number of fused-ring (bicyclic) bond motifs is 5. The predicted octanol–water partition coefficient (Wildman–Crippen LogP) is 4.09. The molecule has 0 radical (unpaired) electrons. The molecule has 0 saturated heterocycles. The molecular weight excluding hydrogens is 258 g/mol. The fraction of sp³-hybridized carbons (Fsp3) is 0.684. The highest BCUT2D eigenvalue weighted by atomic mass is 16.5. The summed E-state index contributed by atoms with van der Waals surface area (Å²) in [5, 5.41) is 0. The van der Waals surface area contributed by atoms with Gasteiger partial charge in [0, 0.05) is 5.54 Å². The number of rotatable bonds is 4. The second kappa shape index (κ2) is 5.01. The van der Waals surface area contributed by atoms with E-state index in [1.165, 1.54) is 37.7 Å². The van der Waals surface area contributed by atoms with Gasteiger partial charge in [-0.3, -0.25) is 0 Å². The Labute approximate surface area is 128 Å². The van der Waals surface area contributed by atoms with Gasteiger partial charge in [0.1, 0.15) is 5.75 Å². The minimum Gasteiger partial charge on any atom is -0.494 e. The fourth-order valence-corrected chi connectivity index (χ4v) is 5.60. The van der Waals surface area contributed by atoms with Crippen LogP contribution in [0.3, 0.4) is 0 Å². The molecule has 3 fully saturated rings. The third-order valence-electron chi connectivity index (χ3n) is 6.43. The van der Waals surface area contributed by atoms with Crippen LogP contribution in [0.2, 0.25) is 0 Å². The molecule has 21 heavy (non-hydrogen) atoms. The maximum atomic E-state index is 6.93. The fourth-order valence-electron chi connectivity index (χ4n) is 5.60. The van der Waals surface area contributed by atoms with Crippen LogP contribution in [0.5, 0.6) is 5.75 Å². The molecule has 2 bridgehead atoms. The Morgan fingerprint density at radius 2 is 1.95 bits per heavy atom. The molecule has 0 aliphatic heterocycles. The summed E-state index contributed by atoms with van der Waals surface area (Å²) in [5.74, 6) is 4.50. The molecule has 4 rings (SSSR count). The first-order chi connectivity index (χ1) is 10.2. The van der Waals surface area contributed by atoms with Crippen LogP contribution in [0.25, 0.3) is 0 Å². The van der Waals surface area contributed by atoms with Crippen LogP contribution < -0.4 is 10.5 Å². The molecule has 1 aromatic rings. The largest absolute Gasteiger partial charge is 0.494 e. The number of ether oxygens (including phenoxy) is 1. The van der Waals surface area contributed by atoms with Crippen LogP contribution in [0.15, 0.2) is 24.3 Å². The maximum Gasteiger partial charge on any atom is 0.119 e. The maximum absolute atomic E-state index is 6.93. The van der Waals surface area contributed by atoms with Gasteiger partial charge >= 0.3 is 0 Å². The molecule has 5 atom stereocenters. The summed E-state index contributed by atoms with van der Waals surface area (Å²) in [7, 11) is 0. The molecule has 0 spiro atoms. The SMILES string of the molecule is CCCOc1ccc(C2(N)CC3CC2C2CCCC32)cc1. The first-order valence-corrected chi connectivity index (χ1v) is 8.74. The Morgan fingerprint density at radius 1 is 1.19 bits per heavy atom. The molecule has 0 heterocycles. The topological polar surface area (TPSA) is 35.2 Å². The van der Waals surface area contributed by atoms with E-state index >= 15 is 0 Å². The van der Waals surface area contributed by atoms with E-state index in [1.807, 2.05) is 0 Å². The van der Waals surface area contributed by atoms with E-state index in [0.29, 0.717) is 0 Å². The summed E-state index contributed by atoms with van der Waals surface area (Å²) in [4.78, 5) is 0.